The highest BCUT2D eigenvalue weighted by atomic mass is 16.6. The van der Waals surface area contributed by atoms with Gasteiger partial charge in [-0.05, 0) is 24.6 Å². The van der Waals surface area contributed by atoms with Crippen molar-refractivity contribution in [2.45, 2.75) is 19.0 Å². The van der Waals surface area contributed by atoms with Crippen molar-refractivity contribution in [2.24, 2.45) is 0 Å². The van der Waals surface area contributed by atoms with Crippen LogP contribution >= 0.6 is 0 Å². The molecule has 0 fully saturated rings. The molecule has 114 valence electrons. The maximum absolute atomic E-state index is 12.5. The van der Waals surface area contributed by atoms with Gasteiger partial charge in [0.1, 0.15) is 0 Å². The van der Waals surface area contributed by atoms with Crippen molar-refractivity contribution in [1.82, 2.24) is 0 Å². The van der Waals surface area contributed by atoms with Crippen molar-refractivity contribution in [3.63, 3.8) is 0 Å². The molecule has 7 nitrogen and oxygen atoms in total. The standard InChI is InChI=1S/C15H13N3O4/c1-15(10-11-6-8-12(9-7-11)18(21)22)16(19)13-4-2-3-5-14(13)17(15)20/h2-9H,10H2,1H3/q-2. The number of anilines is 2. The van der Waals surface area contributed by atoms with Gasteiger partial charge in [-0.1, -0.05) is 24.3 Å². The molecule has 0 unspecified atom stereocenters. The minimum atomic E-state index is -1.31. The Hall–Kier alpha value is -2.64. The van der Waals surface area contributed by atoms with Crippen LogP contribution in [0.3, 0.4) is 0 Å². The van der Waals surface area contributed by atoms with Crippen molar-refractivity contribution < 1.29 is 4.92 Å². The lowest BCUT2D eigenvalue weighted by Gasteiger charge is -2.50. The van der Waals surface area contributed by atoms with Crippen LogP contribution in [0.1, 0.15) is 12.5 Å². The third kappa shape index (κ3) is 2.07. The largest absolute Gasteiger partial charge is 0.757 e. The summed E-state index contributed by atoms with van der Waals surface area (Å²) < 4.78 is 0. The second-order valence-electron chi connectivity index (χ2n) is 5.39. The Bertz CT molecular complexity index is 688. The molecule has 2 aromatic rings. The molecule has 0 radical (unpaired) electrons. The summed E-state index contributed by atoms with van der Waals surface area (Å²) in [4.78, 5) is 10.2. The Balaban J connectivity index is 1.90. The summed E-state index contributed by atoms with van der Waals surface area (Å²) in [5, 5.41) is 37.0. The zero-order valence-electron chi connectivity index (χ0n) is 11.8. The first-order valence-corrected chi connectivity index (χ1v) is 6.70. The van der Waals surface area contributed by atoms with E-state index in [2.05, 4.69) is 0 Å². The van der Waals surface area contributed by atoms with E-state index in [1.54, 1.807) is 43.3 Å². The van der Waals surface area contributed by atoms with Crippen molar-refractivity contribution in [3.05, 3.63) is 74.6 Å². The van der Waals surface area contributed by atoms with Crippen LogP contribution in [0.5, 0.6) is 0 Å². The Kier molecular flexibility index (Phi) is 3.23. The van der Waals surface area contributed by atoms with Crippen LogP contribution in [0.4, 0.5) is 17.1 Å². The molecule has 0 saturated carbocycles. The molecule has 0 bridgehead atoms. The summed E-state index contributed by atoms with van der Waals surface area (Å²) in [5.41, 5.74) is 0.0211. The van der Waals surface area contributed by atoms with Gasteiger partial charge in [-0.25, -0.2) is 0 Å². The average molecular weight is 299 g/mol. The van der Waals surface area contributed by atoms with E-state index in [1.807, 2.05) is 0 Å². The molecule has 0 aromatic heterocycles. The highest BCUT2D eigenvalue weighted by Crippen LogP contribution is 2.45. The van der Waals surface area contributed by atoms with E-state index in [4.69, 9.17) is 0 Å². The fourth-order valence-electron chi connectivity index (χ4n) is 2.67. The Morgan fingerprint density at radius 3 is 1.95 bits per heavy atom. The van der Waals surface area contributed by atoms with Gasteiger partial charge >= 0.3 is 0 Å². The molecule has 0 saturated heterocycles. The summed E-state index contributed by atoms with van der Waals surface area (Å²) in [7, 11) is 0. The number of fused-ring (bicyclic) bond motifs is 1. The zero-order chi connectivity index (χ0) is 15.9. The number of nitro groups is 1. The van der Waals surface area contributed by atoms with Gasteiger partial charge in [-0.15, -0.1) is 0 Å². The lowest BCUT2D eigenvalue weighted by molar-refractivity contribution is -0.384. The number of para-hydroxylation sites is 2. The van der Waals surface area contributed by atoms with Gasteiger partial charge in [0.25, 0.3) is 5.69 Å². The van der Waals surface area contributed by atoms with Crippen LogP contribution < -0.4 is 10.1 Å². The minimum Gasteiger partial charge on any atom is -0.757 e. The molecule has 1 aliphatic rings. The number of non-ortho nitro benzene ring substituents is 1. The molecule has 22 heavy (non-hydrogen) atoms. The van der Waals surface area contributed by atoms with Gasteiger partial charge in [0.05, 0.1) is 22.0 Å². The molecule has 2 aromatic carbocycles. The summed E-state index contributed by atoms with van der Waals surface area (Å²) >= 11 is 0. The van der Waals surface area contributed by atoms with Crippen LogP contribution in [-0.4, -0.2) is 10.6 Å². The van der Waals surface area contributed by atoms with Gasteiger partial charge in [0.2, 0.25) is 0 Å². The third-order valence-electron chi connectivity index (χ3n) is 3.88. The molecule has 3 rings (SSSR count). The molecule has 1 heterocycles. The second kappa shape index (κ2) is 4.97. The van der Waals surface area contributed by atoms with Crippen molar-refractivity contribution >= 4 is 17.1 Å². The van der Waals surface area contributed by atoms with E-state index in [9.17, 15) is 20.5 Å². The molecule has 0 N–H and O–H groups in total. The van der Waals surface area contributed by atoms with E-state index in [0.29, 0.717) is 27.1 Å². The lowest BCUT2D eigenvalue weighted by Crippen LogP contribution is -2.52. The average Bonchev–Trinajstić information content (AvgIpc) is 2.70. The number of hydrogen-bond donors (Lipinski definition) is 0. The number of rotatable bonds is 3. The van der Waals surface area contributed by atoms with Gasteiger partial charge in [0.15, 0.2) is 0 Å². The molecule has 1 aliphatic heterocycles. The van der Waals surface area contributed by atoms with E-state index in [0.717, 1.165) is 0 Å². The maximum Gasteiger partial charge on any atom is 0.269 e. The SMILES string of the molecule is CC1(Cc2ccc([N+](=O)[O-])cc2)N([O-])c2ccccc2N1[O-]. The highest BCUT2D eigenvalue weighted by Gasteiger charge is 2.36. The van der Waals surface area contributed by atoms with Crippen molar-refractivity contribution in [2.75, 3.05) is 10.1 Å². The van der Waals surface area contributed by atoms with Gasteiger partial charge < -0.3 is 20.5 Å². The van der Waals surface area contributed by atoms with Crippen LogP contribution in [0.2, 0.25) is 0 Å². The number of benzene rings is 2. The predicted octanol–water partition coefficient (Wildman–Crippen LogP) is 3.18. The van der Waals surface area contributed by atoms with E-state index in [-0.39, 0.29) is 12.1 Å². The maximum atomic E-state index is 12.5. The van der Waals surface area contributed by atoms with Crippen molar-refractivity contribution in [1.29, 1.82) is 0 Å². The smallest absolute Gasteiger partial charge is 0.269 e. The first kappa shape index (κ1) is 14.3. The van der Waals surface area contributed by atoms with Gasteiger partial charge in [-0.3, -0.25) is 10.1 Å². The molecule has 0 atom stereocenters. The van der Waals surface area contributed by atoms with Gasteiger partial charge in [-0.2, -0.15) is 0 Å². The third-order valence-corrected chi connectivity index (χ3v) is 3.88. The van der Waals surface area contributed by atoms with E-state index < -0.39 is 10.6 Å². The summed E-state index contributed by atoms with van der Waals surface area (Å²) in [6.07, 6.45) is 0.159. The molecule has 0 amide bonds. The number of hydrogen-bond acceptors (Lipinski definition) is 6. The van der Waals surface area contributed by atoms with Gasteiger partial charge in [0, 0.05) is 18.6 Å². The molecule has 0 spiro atoms. The topological polar surface area (TPSA) is 95.7 Å². The van der Waals surface area contributed by atoms with E-state index >= 15 is 0 Å². The van der Waals surface area contributed by atoms with Crippen LogP contribution in [0, 0.1) is 20.5 Å². The fourth-order valence-corrected chi connectivity index (χ4v) is 2.67. The van der Waals surface area contributed by atoms with Crippen LogP contribution in [0.25, 0.3) is 0 Å². The Morgan fingerprint density at radius 1 is 1.00 bits per heavy atom. The highest BCUT2D eigenvalue weighted by molar-refractivity contribution is 5.80. The van der Waals surface area contributed by atoms with E-state index in [1.165, 1.54) is 12.1 Å². The molecule has 7 heteroatoms. The van der Waals surface area contributed by atoms with Crippen LogP contribution in [0.15, 0.2) is 48.5 Å². The number of hydroxylamine groups is 2. The lowest BCUT2D eigenvalue weighted by atomic mass is 10.0. The zero-order valence-corrected chi connectivity index (χ0v) is 11.8. The molecular weight excluding hydrogens is 286 g/mol. The second-order valence-corrected chi connectivity index (χ2v) is 5.39. The summed E-state index contributed by atoms with van der Waals surface area (Å²) in [5.74, 6) is 0. The normalized spacial score (nSPS) is 15.8. The quantitative estimate of drug-likeness (QED) is 0.638. The van der Waals surface area contributed by atoms with Crippen molar-refractivity contribution in [3.8, 4) is 0 Å². The predicted molar refractivity (Wildman–Crippen MR) is 83.3 cm³/mol. The Morgan fingerprint density at radius 2 is 1.50 bits per heavy atom. The molecular formula is C15H13N3O4-2. The molecule has 0 aliphatic carbocycles. The monoisotopic (exact) mass is 299 g/mol. The summed E-state index contributed by atoms with van der Waals surface area (Å²) in [6, 6.07) is 12.5. The number of nitro benzene ring substituents is 1. The first-order valence-electron chi connectivity index (χ1n) is 6.70. The minimum absolute atomic E-state index is 0.0263. The summed E-state index contributed by atoms with van der Waals surface area (Å²) in [6.45, 7) is 1.56. The Labute approximate surface area is 126 Å². The number of nitrogens with zero attached hydrogens (tertiary/aromatic N) is 3. The first-order chi connectivity index (χ1) is 10.4. The van der Waals surface area contributed by atoms with Crippen LogP contribution in [-0.2, 0) is 6.42 Å². The fraction of sp³-hybridized carbons (Fsp3) is 0.200.